The van der Waals surface area contributed by atoms with Crippen molar-refractivity contribution in [1.82, 2.24) is 5.32 Å². The van der Waals surface area contributed by atoms with Gasteiger partial charge in [-0.1, -0.05) is 76.1 Å². The smallest absolute Gasteiger partial charge is 0.217 e. The number of carbonyl (C=O) groups is 1. The first-order chi connectivity index (χ1) is 13.4. The zero-order chi connectivity index (χ0) is 20.5. The maximum atomic E-state index is 11.8. The van der Waals surface area contributed by atoms with Gasteiger partial charge in [0.2, 0.25) is 5.91 Å². The standard InChI is InChI=1S/C24H39NO3/c1-5-6-7-8-9-10-11-12-13-21-14-16-22(17-15-21)24(25-20(2)26)18-27-23(3,4)28-19-24/h14-17H,5-13,18-19H2,1-4H3,(H,25,26). The molecule has 158 valence electrons. The highest BCUT2D eigenvalue weighted by atomic mass is 16.7. The quantitative estimate of drug-likeness (QED) is 0.510. The van der Waals surface area contributed by atoms with Crippen LogP contribution in [0.15, 0.2) is 24.3 Å². The van der Waals surface area contributed by atoms with Crippen LogP contribution in [0, 0.1) is 0 Å². The molecule has 4 nitrogen and oxygen atoms in total. The van der Waals surface area contributed by atoms with E-state index in [4.69, 9.17) is 9.47 Å². The largest absolute Gasteiger partial charge is 0.348 e. The highest BCUT2D eigenvalue weighted by Crippen LogP contribution is 2.31. The summed E-state index contributed by atoms with van der Waals surface area (Å²) in [4.78, 5) is 11.8. The van der Waals surface area contributed by atoms with E-state index in [2.05, 4.69) is 36.5 Å². The Labute approximate surface area is 171 Å². The van der Waals surface area contributed by atoms with Crippen molar-refractivity contribution in [2.75, 3.05) is 13.2 Å². The zero-order valence-corrected chi connectivity index (χ0v) is 18.3. The molecule has 0 aromatic heterocycles. The first-order valence-corrected chi connectivity index (χ1v) is 11.0. The summed E-state index contributed by atoms with van der Waals surface area (Å²) < 4.78 is 11.7. The molecule has 1 amide bonds. The fourth-order valence-corrected chi connectivity index (χ4v) is 3.78. The van der Waals surface area contributed by atoms with E-state index in [0.29, 0.717) is 13.2 Å². The number of carbonyl (C=O) groups excluding carboxylic acids is 1. The van der Waals surface area contributed by atoms with E-state index in [1.165, 1.54) is 63.9 Å². The zero-order valence-electron chi connectivity index (χ0n) is 18.3. The average molecular weight is 390 g/mol. The Kier molecular flexibility index (Phi) is 8.97. The molecule has 0 atom stereocenters. The minimum absolute atomic E-state index is 0.0741. The van der Waals surface area contributed by atoms with Gasteiger partial charge < -0.3 is 14.8 Å². The van der Waals surface area contributed by atoms with Crippen LogP contribution in [0.3, 0.4) is 0 Å². The van der Waals surface area contributed by atoms with Crippen LogP contribution in [0.5, 0.6) is 0 Å². The predicted octanol–water partition coefficient (Wildman–Crippen LogP) is 5.48. The summed E-state index contributed by atoms with van der Waals surface area (Å²) in [6, 6.07) is 8.59. The minimum Gasteiger partial charge on any atom is -0.348 e. The van der Waals surface area contributed by atoms with Crippen molar-refractivity contribution in [1.29, 1.82) is 0 Å². The van der Waals surface area contributed by atoms with Crippen molar-refractivity contribution in [3.05, 3.63) is 35.4 Å². The van der Waals surface area contributed by atoms with Gasteiger partial charge in [0.15, 0.2) is 5.79 Å². The second-order valence-corrected chi connectivity index (χ2v) is 8.66. The van der Waals surface area contributed by atoms with Crippen molar-refractivity contribution in [3.8, 4) is 0 Å². The highest BCUT2D eigenvalue weighted by Gasteiger charge is 2.42. The number of benzene rings is 1. The second-order valence-electron chi connectivity index (χ2n) is 8.66. The molecule has 1 fully saturated rings. The van der Waals surface area contributed by atoms with Gasteiger partial charge in [-0.25, -0.2) is 0 Å². The number of nitrogens with one attached hydrogen (secondary N) is 1. The van der Waals surface area contributed by atoms with Gasteiger partial charge in [-0.15, -0.1) is 0 Å². The summed E-state index contributed by atoms with van der Waals surface area (Å²) in [6.07, 6.45) is 11.8. The number of amides is 1. The maximum Gasteiger partial charge on any atom is 0.217 e. The molecule has 2 rings (SSSR count). The van der Waals surface area contributed by atoms with E-state index in [1.54, 1.807) is 0 Å². The average Bonchev–Trinajstić information content (AvgIpc) is 2.66. The molecule has 1 N–H and O–H groups in total. The van der Waals surface area contributed by atoms with Crippen molar-refractivity contribution < 1.29 is 14.3 Å². The van der Waals surface area contributed by atoms with Crippen LogP contribution < -0.4 is 5.32 Å². The van der Waals surface area contributed by atoms with Crippen LogP contribution in [0.2, 0.25) is 0 Å². The fraction of sp³-hybridized carbons (Fsp3) is 0.708. The van der Waals surface area contributed by atoms with E-state index in [9.17, 15) is 4.79 Å². The number of ether oxygens (including phenoxy) is 2. The van der Waals surface area contributed by atoms with E-state index >= 15 is 0 Å². The van der Waals surface area contributed by atoms with Gasteiger partial charge in [-0.3, -0.25) is 4.79 Å². The molecular formula is C24H39NO3. The van der Waals surface area contributed by atoms with Crippen LogP contribution >= 0.6 is 0 Å². The summed E-state index contributed by atoms with van der Waals surface area (Å²) >= 11 is 0. The van der Waals surface area contributed by atoms with Crippen LogP contribution in [0.4, 0.5) is 0 Å². The monoisotopic (exact) mass is 389 g/mol. The summed E-state index contributed by atoms with van der Waals surface area (Å²) in [5.74, 6) is -0.687. The van der Waals surface area contributed by atoms with E-state index in [1.807, 2.05) is 13.8 Å². The number of rotatable bonds is 11. The highest BCUT2D eigenvalue weighted by molar-refractivity contribution is 5.74. The molecule has 0 spiro atoms. The lowest BCUT2D eigenvalue weighted by Crippen LogP contribution is -2.58. The van der Waals surface area contributed by atoms with Gasteiger partial charge in [-0.2, -0.15) is 0 Å². The molecular weight excluding hydrogens is 350 g/mol. The lowest BCUT2D eigenvalue weighted by Gasteiger charge is -2.44. The molecule has 0 bridgehead atoms. The van der Waals surface area contributed by atoms with Gasteiger partial charge in [0.1, 0.15) is 5.54 Å². The first kappa shape index (κ1) is 22.9. The van der Waals surface area contributed by atoms with E-state index < -0.39 is 11.3 Å². The Hall–Kier alpha value is -1.39. The Bertz CT molecular complexity index is 584. The van der Waals surface area contributed by atoms with Crippen LogP contribution in [0.25, 0.3) is 0 Å². The van der Waals surface area contributed by atoms with Crippen molar-refractivity contribution in [2.45, 2.75) is 96.8 Å². The third-order valence-corrected chi connectivity index (χ3v) is 5.57. The third kappa shape index (κ3) is 7.21. The van der Waals surface area contributed by atoms with Crippen molar-refractivity contribution in [2.24, 2.45) is 0 Å². The summed E-state index contributed by atoms with van der Waals surface area (Å²) in [7, 11) is 0. The topological polar surface area (TPSA) is 47.6 Å². The molecule has 1 heterocycles. The molecule has 1 aromatic carbocycles. The Morgan fingerprint density at radius 1 is 0.929 bits per heavy atom. The Balaban J connectivity index is 1.84. The molecule has 1 aliphatic heterocycles. The van der Waals surface area contributed by atoms with E-state index in [0.717, 1.165) is 12.0 Å². The molecule has 0 aliphatic carbocycles. The lowest BCUT2D eigenvalue weighted by molar-refractivity contribution is -0.273. The minimum atomic E-state index is -0.613. The van der Waals surface area contributed by atoms with Crippen LogP contribution in [-0.4, -0.2) is 24.9 Å². The lowest BCUT2D eigenvalue weighted by atomic mass is 9.89. The summed E-state index contributed by atoms with van der Waals surface area (Å²) in [5, 5.41) is 3.06. The maximum absolute atomic E-state index is 11.8. The number of aryl methyl sites for hydroxylation is 1. The molecule has 28 heavy (non-hydrogen) atoms. The first-order valence-electron chi connectivity index (χ1n) is 11.0. The molecule has 1 aromatic rings. The van der Waals surface area contributed by atoms with Gasteiger partial charge in [0.25, 0.3) is 0 Å². The van der Waals surface area contributed by atoms with Crippen LogP contribution in [-0.2, 0) is 26.2 Å². The molecule has 4 heteroatoms. The number of unbranched alkanes of at least 4 members (excludes halogenated alkanes) is 7. The molecule has 1 aliphatic rings. The van der Waals surface area contributed by atoms with E-state index in [-0.39, 0.29) is 5.91 Å². The fourth-order valence-electron chi connectivity index (χ4n) is 3.78. The predicted molar refractivity (Wildman–Crippen MR) is 114 cm³/mol. The van der Waals surface area contributed by atoms with Gasteiger partial charge in [-0.05, 0) is 37.8 Å². The summed E-state index contributed by atoms with van der Waals surface area (Å²) in [6.45, 7) is 8.43. The number of hydrogen-bond acceptors (Lipinski definition) is 3. The normalized spacial score (nSPS) is 18.0. The van der Waals surface area contributed by atoms with Gasteiger partial charge in [0.05, 0.1) is 13.2 Å². The molecule has 1 saturated heterocycles. The second kappa shape index (κ2) is 11.0. The Morgan fingerprint density at radius 2 is 1.46 bits per heavy atom. The molecule has 0 radical (unpaired) electrons. The van der Waals surface area contributed by atoms with Crippen LogP contribution in [0.1, 0.15) is 90.2 Å². The van der Waals surface area contributed by atoms with Gasteiger partial charge in [0, 0.05) is 6.92 Å². The molecule has 0 unspecified atom stereocenters. The SMILES string of the molecule is CCCCCCCCCCc1ccc(C2(NC(C)=O)COC(C)(C)OC2)cc1. The summed E-state index contributed by atoms with van der Waals surface area (Å²) in [5.41, 5.74) is 1.78. The van der Waals surface area contributed by atoms with Gasteiger partial charge >= 0.3 is 0 Å². The third-order valence-electron chi connectivity index (χ3n) is 5.57. The van der Waals surface area contributed by atoms with Crippen molar-refractivity contribution in [3.63, 3.8) is 0 Å². The molecule has 0 saturated carbocycles. The Morgan fingerprint density at radius 3 is 2.00 bits per heavy atom. The number of hydrogen-bond donors (Lipinski definition) is 1. The van der Waals surface area contributed by atoms with Crippen molar-refractivity contribution >= 4 is 5.91 Å².